The van der Waals surface area contributed by atoms with Gasteiger partial charge in [-0.3, -0.25) is 4.57 Å². The fourth-order valence-corrected chi connectivity index (χ4v) is 3.40. The van der Waals surface area contributed by atoms with E-state index in [2.05, 4.69) is 25.5 Å². The Balaban J connectivity index is 1.66. The van der Waals surface area contributed by atoms with Crippen molar-refractivity contribution in [1.29, 1.82) is 0 Å². The van der Waals surface area contributed by atoms with Gasteiger partial charge in [0.05, 0.1) is 17.0 Å². The van der Waals surface area contributed by atoms with Crippen LogP contribution in [0.15, 0.2) is 66.1 Å². The van der Waals surface area contributed by atoms with Crippen molar-refractivity contribution >= 4 is 26.6 Å². The topological polar surface area (TPSA) is 103 Å². The summed E-state index contributed by atoms with van der Waals surface area (Å²) in [7, 11) is -3.32. The molecule has 1 N–H and O–H groups in total. The number of benzene rings is 2. The van der Waals surface area contributed by atoms with Crippen molar-refractivity contribution in [2.24, 2.45) is 0 Å². The summed E-state index contributed by atoms with van der Waals surface area (Å²) < 4.78 is 25.6. The number of fused-ring (bicyclic) bond motifs is 1. The molecule has 0 atom stereocenters. The highest BCUT2D eigenvalue weighted by Gasteiger charge is 2.12. The Morgan fingerprint density at radius 2 is 1.89 bits per heavy atom. The lowest BCUT2D eigenvalue weighted by Gasteiger charge is -2.10. The van der Waals surface area contributed by atoms with Crippen molar-refractivity contribution in [3.8, 4) is 5.69 Å². The Morgan fingerprint density at radius 3 is 2.67 bits per heavy atom. The van der Waals surface area contributed by atoms with Crippen LogP contribution in [0.5, 0.6) is 0 Å². The third-order valence-corrected chi connectivity index (χ3v) is 5.21. The summed E-state index contributed by atoms with van der Waals surface area (Å²) >= 11 is 0. The molecule has 0 aliphatic rings. The van der Waals surface area contributed by atoms with E-state index in [9.17, 15) is 8.42 Å². The van der Waals surface area contributed by atoms with E-state index in [1.807, 2.05) is 34.9 Å². The summed E-state index contributed by atoms with van der Waals surface area (Å²) in [6.07, 6.45) is 4.26. The summed E-state index contributed by atoms with van der Waals surface area (Å²) in [5.41, 5.74) is 1.61. The molecule has 0 fully saturated rings. The standard InChI is InChI=1S/C18H16N6O2S/c1-27(25,26)14-7-8-16-15(9-14)18(21-11-20-16)19-10-17-23-22-12-24(17)13-5-3-2-4-6-13/h2-9,11-12H,10H2,1H3,(H,19,20,21). The van der Waals surface area contributed by atoms with E-state index in [4.69, 9.17) is 0 Å². The van der Waals surface area contributed by atoms with Gasteiger partial charge in [0.25, 0.3) is 0 Å². The molecule has 0 aliphatic heterocycles. The lowest BCUT2D eigenvalue weighted by atomic mass is 10.2. The van der Waals surface area contributed by atoms with Crippen molar-refractivity contribution in [2.45, 2.75) is 11.4 Å². The van der Waals surface area contributed by atoms with Gasteiger partial charge in [0.2, 0.25) is 0 Å². The monoisotopic (exact) mass is 380 g/mol. The molecule has 0 unspecified atom stereocenters. The molecule has 0 amide bonds. The largest absolute Gasteiger partial charge is 0.362 e. The highest BCUT2D eigenvalue weighted by molar-refractivity contribution is 7.90. The van der Waals surface area contributed by atoms with Gasteiger partial charge in [0.1, 0.15) is 18.5 Å². The van der Waals surface area contributed by atoms with E-state index in [0.717, 1.165) is 5.69 Å². The third kappa shape index (κ3) is 3.49. The molecule has 0 saturated carbocycles. The maximum absolute atomic E-state index is 11.9. The highest BCUT2D eigenvalue weighted by Crippen LogP contribution is 2.23. The maximum Gasteiger partial charge on any atom is 0.175 e. The lowest BCUT2D eigenvalue weighted by molar-refractivity contribution is 0.602. The first-order valence-corrected chi connectivity index (χ1v) is 10.0. The highest BCUT2D eigenvalue weighted by atomic mass is 32.2. The van der Waals surface area contributed by atoms with Crippen molar-refractivity contribution in [3.05, 3.63) is 67.0 Å². The Bertz CT molecular complexity index is 1200. The first-order valence-electron chi connectivity index (χ1n) is 8.15. The van der Waals surface area contributed by atoms with E-state index >= 15 is 0 Å². The smallest absolute Gasteiger partial charge is 0.175 e. The first kappa shape index (κ1) is 17.1. The molecule has 0 aliphatic carbocycles. The van der Waals surface area contributed by atoms with Crippen molar-refractivity contribution in [1.82, 2.24) is 24.7 Å². The van der Waals surface area contributed by atoms with E-state index in [-0.39, 0.29) is 4.90 Å². The molecular weight excluding hydrogens is 364 g/mol. The van der Waals surface area contributed by atoms with Crippen LogP contribution >= 0.6 is 0 Å². The molecule has 9 heteroatoms. The van der Waals surface area contributed by atoms with Gasteiger partial charge in [-0.1, -0.05) is 18.2 Å². The van der Waals surface area contributed by atoms with Crippen LogP contribution in [0.4, 0.5) is 5.82 Å². The van der Waals surface area contributed by atoms with Gasteiger partial charge in [-0.05, 0) is 30.3 Å². The molecule has 0 spiro atoms. The van der Waals surface area contributed by atoms with E-state index in [1.165, 1.54) is 12.6 Å². The molecule has 0 bridgehead atoms. The Kier molecular flexibility index (Phi) is 4.28. The van der Waals surface area contributed by atoms with E-state index in [0.29, 0.717) is 29.1 Å². The quantitative estimate of drug-likeness (QED) is 0.566. The van der Waals surface area contributed by atoms with Crippen molar-refractivity contribution < 1.29 is 8.42 Å². The summed E-state index contributed by atoms with van der Waals surface area (Å²) in [5.74, 6) is 1.24. The van der Waals surface area contributed by atoms with Crippen LogP contribution < -0.4 is 5.32 Å². The second kappa shape index (κ2) is 6.76. The average Bonchev–Trinajstić information content (AvgIpc) is 3.14. The number of nitrogens with zero attached hydrogens (tertiary/aromatic N) is 5. The van der Waals surface area contributed by atoms with Crippen LogP contribution in [-0.4, -0.2) is 39.4 Å². The molecule has 136 valence electrons. The van der Waals surface area contributed by atoms with Gasteiger partial charge in [-0.15, -0.1) is 10.2 Å². The molecule has 4 aromatic rings. The average molecular weight is 380 g/mol. The van der Waals surface area contributed by atoms with Gasteiger partial charge in [-0.2, -0.15) is 0 Å². The SMILES string of the molecule is CS(=O)(=O)c1ccc2ncnc(NCc3nncn3-c3ccccc3)c2c1. The molecule has 27 heavy (non-hydrogen) atoms. The second-order valence-electron chi connectivity index (χ2n) is 5.98. The summed E-state index contributed by atoms with van der Waals surface area (Å²) in [6, 6.07) is 14.5. The van der Waals surface area contributed by atoms with Gasteiger partial charge >= 0.3 is 0 Å². The number of para-hydroxylation sites is 1. The minimum atomic E-state index is -3.32. The molecule has 2 aromatic heterocycles. The third-order valence-electron chi connectivity index (χ3n) is 4.10. The maximum atomic E-state index is 11.9. The van der Waals surface area contributed by atoms with Crippen LogP contribution in [0, 0.1) is 0 Å². The first-order chi connectivity index (χ1) is 13.0. The van der Waals surface area contributed by atoms with Gasteiger partial charge in [0, 0.05) is 17.3 Å². The predicted octanol–water partition coefficient (Wildman–Crippen LogP) is 2.23. The number of aromatic nitrogens is 5. The Morgan fingerprint density at radius 1 is 1.07 bits per heavy atom. The van der Waals surface area contributed by atoms with Crippen LogP contribution in [0.3, 0.4) is 0 Å². The zero-order valence-electron chi connectivity index (χ0n) is 14.4. The van der Waals surface area contributed by atoms with E-state index in [1.54, 1.807) is 24.5 Å². The Labute approximate surface area is 155 Å². The van der Waals surface area contributed by atoms with Crippen LogP contribution in [-0.2, 0) is 16.4 Å². The van der Waals surface area contributed by atoms with Gasteiger partial charge < -0.3 is 5.32 Å². The van der Waals surface area contributed by atoms with Gasteiger partial charge in [0.15, 0.2) is 15.7 Å². The van der Waals surface area contributed by atoms with Crippen molar-refractivity contribution in [3.63, 3.8) is 0 Å². The Hall–Kier alpha value is -3.33. The van der Waals surface area contributed by atoms with E-state index < -0.39 is 9.84 Å². The molecular formula is C18H16N6O2S. The number of hydrogen-bond donors (Lipinski definition) is 1. The fraction of sp³-hybridized carbons (Fsp3) is 0.111. The number of anilines is 1. The zero-order chi connectivity index (χ0) is 18.9. The molecule has 0 radical (unpaired) electrons. The zero-order valence-corrected chi connectivity index (χ0v) is 15.3. The molecule has 0 saturated heterocycles. The minimum Gasteiger partial charge on any atom is -0.362 e. The lowest BCUT2D eigenvalue weighted by Crippen LogP contribution is -2.09. The second-order valence-corrected chi connectivity index (χ2v) is 8.00. The summed E-state index contributed by atoms with van der Waals surface area (Å²) in [4.78, 5) is 8.68. The molecule has 4 rings (SSSR count). The molecule has 2 aromatic carbocycles. The number of sulfone groups is 1. The predicted molar refractivity (Wildman–Crippen MR) is 101 cm³/mol. The van der Waals surface area contributed by atoms with Crippen LogP contribution in [0.2, 0.25) is 0 Å². The van der Waals surface area contributed by atoms with Crippen LogP contribution in [0.1, 0.15) is 5.82 Å². The molecule has 2 heterocycles. The number of nitrogens with one attached hydrogen (secondary N) is 1. The van der Waals surface area contributed by atoms with Crippen molar-refractivity contribution in [2.75, 3.05) is 11.6 Å². The number of rotatable bonds is 5. The molecule has 8 nitrogen and oxygen atoms in total. The van der Waals surface area contributed by atoms with Gasteiger partial charge in [-0.25, -0.2) is 18.4 Å². The number of hydrogen-bond acceptors (Lipinski definition) is 7. The fourth-order valence-electron chi connectivity index (χ4n) is 2.75. The summed E-state index contributed by atoms with van der Waals surface area (Å²) in [6.45, 7) is 0.365. The summed E-state index contributed by atoms with van der Waals surface area (Å²) in [5, 5.41) is 12.0. The van der Waals surface area contributed by atoms with Crippen LogP contribution in [0.25, 0.3) is 16.6 Å². The minimum absolute atomic E-state index is 0.223. The normalized spacial score (nSPS) is 11.6.